The lowest BCUT2D eigenvalue weighted by Crippen LogP contribution is -2.19. The van der Waals surface area contributed by atoms with E-state index in [1.54, 1.807) is 0 Å². The maximum absolute atomic E-state index is 5.61. The van der Waals surface area contributed by atoms with Crippen LogP contribution in [0.25, 0.3) is 0 Å². The van der Waals surface area contributed by atoms with E-state index in [2.05, 4.69) is 27.5 Å². The molecule has 20 heavy (non-hydrogen) atoms. The summed E-state index contributed by atoms with van der Waals surface area (Å²) in [7, 11) is 0. The maximum Gasteiger partial charge on any atom is 0.224 e. The molecule has 0 aromatic carbocycles. The fourth-order valence-corrected chi connectivity index (χ4v) is 2.34. The number of aromatic nitrogens is 2. The Labute approximate surface area is 121 Å². The van der Waals surface area contributed by atoms with Crippen molar-refractivity contribution in [3.63, 3.8) is 0 Å². The molecule has 2 heterocycles. The van der Waals surface area contributed by atoms with Crippen LogP contribution in [0.4, 0.5) is 11.8 Å². The zero-order valence-electron chi connectivity index (χ0n) is 12.6. The molecule has 0 saturated carbocycles. The van der Waals surface area contributed by atoms with E-state index in [1.807, 2.05) is 13.0 Å². The summed E-state index contributed by atoms with van der Waals surface area (Å²) in [5, 5.41) is 6.65. The smallest absolute Gasteiger partial charge is 0.224 e. The normalized spacial score (nSPS) is 18.2. The van der Waals surface area contributed by atoms with Gasteiger partial charge in [-0.2, -0.15) is 4.98 Å². The third-order valence-corrected chi connectivity index (χ3v) is 3.45. The van der Waals surface area contributed by atoms with Crippen LogP contribution in [0.15, 0.2) is 6.07 Å². The standard InChI is InChI=1S/C15H26N4O/c1-3-4-5-8-16-15-18-12(2)10-14(19-15)17-11-13-7-6-9-20-13/h10,13H,3-9,11H2,1-2H3,(H2,16,17,18,19). The second kappa shape index (κ2) is 8.04. The number of unbranched alkanes of at least 4 members (excludes halogenated alkanes) is 2. The van der Waals surface area contributed by atoms with E-state index in [4.69, 9.17) is 4.74 Å². The van der Waals surface area contributed by atoms with Gasteiger partial charge in [0.25, 0.3) is 0 Å². The van der Waals surface area contributed by atoms with E-state index in [-0.39, 0.29) is 0 Å². The Morgan fingerprint density at radius 2 is 2.20 bits per heavy atom. The first kappa shape index (κ1) is 15.0. The topological polar surface area (TPSA) is 59.1 Å². The molecule has 0 radical (unpaired) electrons. The van der Waals surface area contributed by atoms with Crippen LogP contribution in [0.5, 0.6) is 0 Å². The summed E-state index contributed by atoms with van der Waals surface area (Å²) in [4.78, 5) is 8.92. The van der Waals surface area contributed by atoms with Gasteiger partial charge >= 0.3 is 0 Å². The van der Waals surface area contributed by atoms with Crippen molar-refractivity contribution in [1.29, 1.82) is 0 Å². The highest BCUT2D eigenvalue weighted by Crippen LogP contribution is 2.14. The van der Waals surface area contributed by atoms with Gasteiger partial charge < -0.3 is 15.4 Å². The van der Waals surface area contributed by atoms with Gasteiger partial charge in [0.1, 0.15) is 5.82 Å². The van der Waals surface area contributed by atoms with Crippen molar-refractivity contribution in [2.45, 2.75) is 52.1 Å². The molecule has 0 amide bonds. The molecule has 2 rings (SSSR count). The first-order valence-electron chi connectivity index (χ1n) is 7.73. The summed E-state index contributed by atoms with van der Waals surface area (Å²) in [6.07, 6.45) is 6.25. The van der Waals surface area contributed by atoms with Gasteiger partial charge in [0.15, 0.2) is 0 Å². The lowest BCUT2D eigenvalue weighted by atomic mass is 10.2. The first-order valence-corrected chi connectivity index (χ1v) is 7.73. The highest BCUT2D eigenvalue weighted by Gasteiger charge is 2.15. The molecule has 0 aliphatic carbocycles. The molecule has 1 aromatic heterocycles. The number of rotatable bonds is 8. The summed E-state index contributed by atoms with van der Waals surface area (Å²) < 4.78 is 5.61. The highest BCUT2D eigenvalue weighted by atomic mass is 16.5. The maximum atomic E-state index is 5.61. The molecular formula is C15H26N4O. The molecule has 1 fully saturated rings. The summed E-state index contributed by atoms with van der Waals surface area (Å²) in [5.41, 5.74) is 0.979. The minimum Gasteiger partial charge on any atom is -0.376 e. The average molecular weight is 278 g/mol. The summed E-state index contributed by atoms with van der Waals surface area (Å²) in [5.74, 6) is 1.60. The van der Waals surface area contributed by atoms with Crippen LogP contribution in [-0.4, -0.2) is 35.8 Å². The number of nitrogens with zero attached hydrogens (tertiary/aromatic N) is 2. The molecule has 1 saturated heterocycles. The quantitative estimate of drug-likeness (QED) is 0.716. The largest absolute Gasteiger partial charge is 0.376 e. The SMILES string of the molecule is CCCCCNc1nc(C)cc(NCC2CCCO2)n1. The Morgan fingerprint density at radius 1 is 1.30 bits per heavy atom. The predicted molar refractivity (Wildman–Crippen MR) is 82.2 cm³/mol. The van der Waals surface area contributed by atoms with E-state index < -0.39 is 0 Å². The summed E-state index contributed by atoms with van der Waals surface area (Å²) in [6.45, 7) is 6.85. The van der Waals surface area contributed by atoms with Crippen LogP contribution in [0.2, 0.25) is 0 Å². The minimum absolute atomic E-state index is 0.325. The third-order valence-electron chi connectivity index (χ3n) is 3.45. The van der Waals surface area contributed by atoms with Crippen LogP contribution in [0.1, 0.15) is 44.7 Å². The number of hydrogen-bond donors (Lipinski definition) is 2. The molecule has 1 aliphatic heterocycles. The van der Waals surface area contributed by atoms with Gasteiger partial charge in [-0.3, -0.25) is 0 Å². The van der Waals surface area contributed by atoms with Crippen molar-refractivity contribution in [3.05, 3.63) is 11.8 Å². The van der Waals surface area contributed by atoms with Crippen LogP contribution in [-0.2, 0) is 4.74 Å². The Bertz CT molecular complexity index is 405. The van der Waals surface area contributed by atoms with Gasteiger partial charge in [-0.25, -0.2) is 4.98 Å². The summed E-state index contributed by atoms with van der Waals surface area (Å²) in [6, 6.07) is 1.98. The molecule has 5 nitrogen and oxygen atoms in total. The second-order valence-electron chi connectivity index (χ2n) is 5.37. The molecule has 1 aliphatic rings. The lowest BCUT2D eigenvalue weighted by molar-refractivity contribution is 0.120. The molecule has 1 atom stereocenters. The molecular weight excluding hydrogens is 252 g/mol. The van der Waals surface area contributed by atoms with Crippen molar-refractivity contribution < 1.29 is 4.74 Å². The van der Waals surface area contributed by atoms with Crippen molar-refractivity contribution in [3.8, 4) is 0 Å². The van der Waals surface area contributed by atoms with Crippen LogP contribution in [0, 0.1) is 6.92 Å². The number of ether oxygens (including phenoxy) is 1. The van der Waals surface area contributed by atoms with E-state index in [0.717, 1.165) is 50.0 Å². The average Bonchev–Trinajstić information content (AvgIpc) is 2.94. The molecule has 0 bridgehead atoms. The van der Waals surface area contributed by atoms with E-state index in [1.165, 1.54) is 19.3 Å². The van der Waals surface area contributed by atoms with Crippen molar-refractivity contribution in [1.82, 2.24) is 9.97 Å². The van der Waals surface area contributed by atoms with E-state index in [0.29, 0.717) is 6.10 Å². The molecule has 2 N–H and O–H groups in total. The van der Waals surface area contributed by atoms with E-state index in [9.17, 15) is 0 Å². The third kappa shape index (κ3) is 4.96. The van der Waals surface area contributed by atoms with Crippen molar-refractivity contribution in [2.75, 3.05) is 30.3 Å². The van der Waals surface area contributed by atoms with Gasteiger partial charge in [0.2, 0.25) is 5.95 Å². The Balaban J connectivity index is 1.83. The Morgan fingerprint density at radius 3 is 2.95 bits per heavy atom. The predicted octanol–water partition coefficient (Wildman–Crippen LogP) is 2.98. The fraction of sp³-hybridized carbons (Fsp3) is 0.733. The van der Waals surface area contributed by atoms with Crippen molar-refractivity contribution in [2.24, 2.45) is 0 Å². The Hall–Kier alpha value is -1.36. The van der Waals surface area contributed by atoms with Crippen molar-refractivity contribution >= 4 is 11.8 Å². The summed E-state index contributed by atoms with van der Waals surface area (Å²) >= 11 is 0. The molecule has 5 heteroatoms. The second-order valence-corrected chi connectivity index (χ2v) is 5.37. The van der Waals surface area contributed by atoms with Crippen LogP contribution < -0.4 is 10.6 Å². The van der Waals surface area contributed by atoms with Gasteiger partial charge in [0.05, 0.1) is 6.10 Å². The zero-order chi connectivity index (χ0) is 14.2. The van der Waals surface area contributed by atoms with Gasteiger partial charge in [-0.1, -0.05) is 19.8 Å². The number of hydrogen-bond acceptors (Lipinski definition) is 5. The Kier molecular flexibility index (Phi) is 6.05. The monoisotopic (exact) mass is 278 g/mol. The molecule has 1 unspecified atom stereocenters. The van der Waals surface area contributed by atoms with Crippen LogP contribution in [0.3, 0.4) is 0 Å². The van der Waals surface area contributed by atoms with Gasteiger partial charge in [-0.15, -0.1) is 0 Å². The van der Waals surface area contributed by atoms with E-state index >= 15 is 0 Å². The highest BCUT2D eigenvalue weighted by molar-refractivity contribution is 5.42. The zero-order valence-corrected chi connectivity index (χ0v) is 12.6. The lowest BCUT2D eigenvalue weighted by Gasteiger charge is -2.13. The van der Waals surface area contributed by atoms with Gasteiger partial charge in [0, 0.05) is 31.5 Å². The van der Waals surface area contributed by atoms with Crippen LogP contribution >= 0.6 is 0 Å². The molecule has 112 valence electrons. The van der Waals surface area contributed by atoms with Gasteiger partial charge in [-0.05, 0) is 26.2 Å². The minimum atomic E-state index is 0.325. The number of nitrogens with one attached hydrogen (secondary N) is 2. The number of anilines is 2. The molecule has 1 aromatic rings. The molecule has 0 spiro atoms. The fourth-order valence-electron chi connectivity index (χ4n) is 2.34. The number of aryl methyl sites for hydroxylation is 1. The first-order chi connectivity index (χ1) is 9.78.